The zero-order chi connectivity index (χ0) is 19.7. The molecule has 0 unspecified atom stereocenters. The second-order valence-corrected chi connectivity index (χ2v) is 7.78. The maximum absolute atomic E-state index is 13.4. The number of Topliss-reactive ketones (excluding diaryl/α,β-unsaturated/α-hetero) is 1. The summed E-state index contributed by atoms with van der Waals surface area (Å²) >= 11 is 0. The maximum atomic E-state index is 13.4. The Bertz CT molecular complexity index is 1010. The van der Waals surface area contributed by atoms with Gasteiger partial charge < -0.3 is 5.32 Å². The number of nitrogens with zero attached hydrogens (tertiary/aromatic N) is 1. The molecule has 1 saturated heterocycles. The van der Waals surface area contributed by atoms with E-state index in [0.29, 0.717) is 5.92 Å². The van der Waals surface area contributed by atoms with Gasteiger partial charge in [0, 0.05) is 30.9 Å². The SMILES string of the molecule is CC(=O)[C@](c1ccc(C2CNC2)cc1)(c1ccnc(C)c1)c1ccccc1C. The number of carbonyl (C=O) groups is 1. The molecule has 1 aromatic heterocycles. The molecule has 3 aromatic rings. The molecule has 0 spiro atoms. The Morgan fingerprint density at radius 1 is 1.00 bits per heavy atom. The molecule has 4 rings (SSSR count). The zero-order valence-corrected chi connectivity index (χ0v) is 16.7. The first-order valence-electron chi connectivity index (χ1n) is 9.85. The highest BCUT2D eigenvalue weighted by Gasteiger charge is 2.42. The lowest BCUT2D eigenvalue weighted by Gasteiger charge is -2.35. The van der Waals surface area contributed by atoms with Crippen molar-refractivity contribution in [3.05, 3.63) is 100 Å². The summed E-state index contributed by atoms with van der Waals surface area (Å²) in [4.78, 5) is 17.7. The number of carbonyl (C=O) groups excluding carboxylic acids is 1. The maximum Gasteiger partial charge on any atom is 0.149 e. The van der Waals surface area contributed by atoms with Crippen LogP contribution in [0, 0.1) is 13.8 Å². The van der Waals surface area contributed by atoms with E-state index in [1.165, 1.54) is 5.56 Å². The quantitative estimate of drug-likeness (QED) is 0.728. The molecular weight excluding hydrogens is 344 g/mol. The zero-order valence-electron chi connectivity index (χ0n) is 16.7. The number of nitrogens with one attached hydrogen (secondary N) is 1. The lowest BCUT2D eigenvalue weighted by Crippen LogP contribution is -2.40. The largest absolute Gasteiger partial charge is 0.315 e. The third-order valence-corrected chi connectivity index (χ3v) is 6.00. The number of benzene rings is 2. The Balaban J connectivity index is 1.97. The van der Waals surface area contributed by atoms with Gasteiger partial charge in [0.25, 0.3) is 0 Å². The summed E-state index contributed by atoms with van der Waals surface area (Å²) in [5, 5.41) is 3.33. The number of pyridine rings is 1. The molecule has 3 nitrogen and oxygen atoms in total. The summed E-state index contributed by atoms with van der Waals surface area (Å²) in [6.07, 6.45) is 1.80. The van der Waals surface area contributed by atoms with Gasteiger partial charge in [-0.15, -0.1) is 0 Å². The number of ketones is 1. The third-order valence-electron chi connectivity index (χ3n) is 6.00. The van der Waals surface area contributed by atoms with Gasteiger partial charge in [-0.05, 0) is 60.7 Å². The van der Waals surface area contributed by atoms with Crippen molar-refractivity contribution in [2.24, 2.45) is 0 Å². The van der Waals surface area contributed by atoms with Crippen LogP contribution in [0.4, 0.5) is 0 Å². The van der Waals surface area contributed by atoms with Gasteiger partial charge in [0.05, 0.1) is 0 Å². The molecule has 0 amide bonds. The van der Waals surface area contributed by atoms with E-state index in [9.17, 15) is 4.79 Å². The fourth-order valence-electron chi connectivity index (χ4n) is 4.38. The fraction of sp³-hybridized carbons (Fsp3) is 0.280. The number of hydrogen-bond acceptors (Lipinski definition) is 3. The van der Waals surface area contributed by atoms with Gasteiger partial charge in [-0.2, -0.15) is 0 Å². The van der Waals surface area contributed by atoms with Crippen LogP contribution < -0.4 is 5.32 Å². The Labute approximate surface area is 166 Å². The molecule has 1 fully saturated rings. The van der Waals surface area contributed by atoms with E-state index in [0.717, 1.165) is 41.0 Å². The van der Waals surface area contributed by atoms with Gasteiger partial charge in [0.15, 0.2) is 0 Å². The smallest absolute Gasteiger partial charge is 0.149 e. The van der Waals surface area contributed by atoms with Crippen LogP contribution in [-0.4, -0.2) is 23.9 Å². The summed E-state index contributed by atoms with van der Waals surface area (Å²) in [5.41, 5.74) is 5.53. The molecule has 1 aliphatic heterocycles. The number of aromatic nitrogens is 1. The predicted octanol–water partition coefficient (Wildman–Crippen LogP) is 4.31. The summed E-state index contributed by atoms with van der Waals surface area (Å²) in [5.74, 6) is 0.688. The Morgan fingerprint density at radius 2 is 1.71 bits per heavy atom. The van der Waals surface area contributed by atoms with E-state index in [2.05, 4.69) is 53.6 Å². The van der Waals surface area contributed by atoms with E-state index in [-0.39, 0.29) is 5.78 Å². The van der Waals surface area contributed by atoms with Crippen molar-refractivity contribution < 1.29 is 4.79 Å². The number of rotatable bonds is 5. The molecule has 0 radical (unpaired) electrons. The molecule has 1 aliphatic rings. The van der Waals surface area contributed by atoms with Crippen LogP contribution in [0.3, 0.4) is 0 Å². The van der Waals surface area contributed by atoms with E-state index < -0.39 is 5.41 Å². The normalized spacial score (nSPS) is 16.2. The first-order chi connectivity index (χ1) is 13.5. The lowest BCUT2D eigenvalue weighted by atomic mass is 9.65. The molecule has 0 aliphatic carbocycles. The second kappa shape index (κ2) is 7.33. The molecule has 1 atom stereocenters. The average molecular weight is 370 g/mol. The minimum atomic E-state index is -0.838. The molecule has 28 heavy (non-hydrogen) atoms. The molecule has 142 valence electrons. The first-order valence-corrected chi connectivity index (χ1v) is 9.85. The van der Waals surface area contributed by atoms with E-state index in [1.54, 1.807) is 13.1 Å². The highest BCUT2D eigenvalue weighted by molar-refractivity contribution is 5.96. The van der Waals surface area contributed by atoms with Crippen molar-refractivity contribution >= 4 is 5.78 Å². The fourth-order valence-corrected chi connectivity index (χ4v) is 4.38. The standard InChI is InChI=1S/C25H26N2O/c1-17-6-4-5-7-24(17)25(19(3)28,23-12-13-27-18(2)14-23)22-10-8-20(9-11-22)21-15-26-16-21/h4-14,21,26H,15-16H2,1-3H3/t25-/m0/s1. The molecule has 3 heteroatoms. The highest BCUT2D eigenvalue weighted by Crippen LogP contribution is 2.42. The van der Waals surface area contributed by atoms with Crippen LogP contribution in [0.15, 0.2) is 66.9 Å². The summed E-state index contributed by atoms with van der Waals surface area (Å²) in [7, 11) is 0. The van der Waals surface area contributed by atoms with E-state index in [4.69, 9.17) is 0 Å². The van der Waals surface area contributed by atoms with Gasteiger partial charge in [-0.3, -0.25) is 9.78 Å². The van der Waals surface area contributed by atoms with Gasteiger partial charge in [0.2, 0.25) is 0 Å². The van der Waals surface area contributed by atoms with Crippen LogP contribution >= 0.6 is 0 Å². The highest BCUT2D eigenvalue weighted by atomic mass is 16.1. The monoisotopic (exact) mass is 370 g/mol. The van der Waals surface area contributed by atoms with Crippen molar-refractivity contribution in [3.8, 4) is 0 Å². The van der Waals surface area contributed by atoms with Crippen molar-refractivity contribution in [2.75, 3.05) is 13.1 Å². The number of aryl methyl sites for hydroxylation is 2. The van der Waals surface area contributed by atoms with Crippen LogP contribution in [0.1, 0.15) is 46.4 Å². The Kier molecular flexibility index (Phi) is 4.86. The topological polar surface area (TPSA) is 42.0 Å². The average Bonchev–Trinajstić information content (AvgIpc) is 2.63. The van der Waals surface area contributed by atoms with Crippen LogP contribution in [0.5, 0.6) is 0 Å². The Hall–Kier alpha value is -2.78. The molecule has 2 aromatic carbocycles. The van der Waals surface area contributed by atoms with Gasteiger partial charge in [-0.25, -0.2) is 0 Å². The molecule has 1 N–H and O–H groups in total. The van der Waals surface area contributed by atoms with Gasteiger partial charge in [0.1, 0.15) is 11.2 Å². The lowest BCUT2D eigenvalue weighted by molar-refractivity contribution is -0.119. The van der Waals surface area contributed by atoms with E-state index in [1.807, 2.05) is 31.2 Å². The first kappa shape index (κ1) is 18.6. The van der Waals surface area contributed by atoms with Gasteiger partial charge >= 0.3 is 0 Å². The molecular formula is C25H26N2O. The van der Waals surface area contributed by atoms with Crippen molar-refractivity contribution in [2.45, 2.75) is 32.1 Å². The molecule has 2 heterocycles. The Morgan fingerprint density at radius 3 is 2.29 bits per heavy atom. The van der Waals surface area contributed by atoms with Crippen LogP contribution in [0.2, 0.25) is 0 Å². The second-order valence-electron chi connectivity index (χ2n) is 7.78. The third kappa shape index (κ3) is 2.96. The van der Waals surface area contributed by atoms with Gasteiger partial charge in [-0.1, -0.05) is 48.5 Å². The van der Waals surface area contributed by atoms with Crippen molar-refractivity contribution in [3.63, 3.8) is 0 Å². The van der Waals surface area contributed by atoms with E-state index >= 15 is 0 Å². The minimum Gasteiger partial charge on any atom is -0.315 e. The molecule has 0 saturated carbocycles. The summed E-state index contributed by atoms with van der Waals surface area (Å²) in [6, 6.07) is 20.9. The summed E-state index contributed by atoms with van der Waals surface area (Å²) in [6.45, 7) is 7.80. The minimum absolute atomic E-state index is 0.116. The van der Waals surface area contributed by atoms with Crippen molar-refractivity contribution in [1.29, 1.82) is 0 Å². The number of hydrogen-bond donors (Lipinski definition) is 1. The molecule has 0 bridgehead atoms. The van der Waals surface area contributed by atoms with Crippen LogP contribution in [-0.2, 0) is 10.2 Å². The van der Waals surface area contributed by atoms with Crippen molar-refractivity contribution in [1.82, 2.24) is 10.3 Å². The summed E-state index contributed by atoms with van der Waals surface area (Å²) < 4.78 is 0. The van der Waals surface area contributed by atoms with Crippen LogP contribution in [0.25, 0.3) is 0 Å². The predicted molar refractivity (Wildman–Crippen MR) is 113 cm³/mol.